The second-order valence-corrected chi connectivity index (χ2v) is 5.48. The number of hydrogen-bond donors (Lipinski definition) is 2. The summed E-state index contributed by atoms with van der Waals surface area (Å²) in [5, 5.41) is 0. The number of ether oxygens (including phenoxy) is 1. The Morgan fingerprint density at radius 3 is 2.50 bits per heavy atom. The zero-order valence-electron chi connectivity index (χ0n) is 9.15. The van der Waals surface area contributed by atoms with Gasteiger partial charge in [-0.1, -0.05) is 0 Å². The molecule has 0 aliphatic heterocycles. The van der Waals surface area contributed by atoms with Gasteiger partial charge in [0.15, 0.2) is 0 Å². The molecule has 0 amide bonds. The standard InChI is InChI=1S/C8H20NO4P/c1-9(2)5-7-13-14(10,11)8-4-6-12-3/h4-8H2,1-3H3,(H,10,11)/p+1. The summed E-state index contributed by atoms with van der Waals surface area (Å²) >= 11 is 0. The third-order valence-electron chi connectivity index (χ3n) is 1.68. The molecule has 0 radical (unpaired) electrons. The lowest BCUT2D eigenvalue weighted by atomic mass is 10.5. The fourth-order valence-electron chi connectivity index (χ4n) is 0.866. The van der Waals surface area contributed by atoms with Crippen LogP contribution in [0.4, 0.5) is 0 Å². The molecular weight excluding hydrogens is 205 g/mol. The number of rotatable bonds is 8. The molecule has 0 heterocycles. The molecule has 14 heavy (non-hydrogen) atoms. The predicted octanol–water partition coefficient (Wildman–Crippen LogP) is -0.631. The fourth-order valence-corrected chi connectivity index (χ4v) is 1.90. The van der Waals surface area contributed by atoms with Crippen LogP contribution in [0.2, 0.25) is 0 Å². The third-order valence-corrected chi connectivity index (χ3v) is 3.15. The maximum Gasteiger partial charge on any atom is 0.328 e. The maximum atomic E-state index is 11.3. The Morgan fingerprint density at radius 1 is 1.36 bits per heavy atom. The highest BCUT2D eigenvalue weighted by molar-refractivity contribution is 7.52. The minimum atomic E-state index is -3.37. The van der Waals surface area contributed by atoms with Gasteiger partial charge in [-0.15, -0.1) is 0 Å². The second kappa shape index (κ2) is 7.37. The lowest BCUT2D eigenvalue weighted by Crippen LogP contribution is -3.06. The van der Waals surface area contributed by atoms with Crippen LogP contribution in [-0.2, 0) is 13.8 Å². The Balaban J connectivity index is 3.56. The van der Waals surface area contributed by atoms with Gasteiger partial charge < -0.3 is 19.1 Å². The number of likely N-dealkylation sites (N-methyl/N-ethyl adjacent to an activating group) is 1. The fraction of sp³-hybridized carbons (Fsp3) is 1.00. The molecule has 0 aromatic heterocycles. The summed E-state index contributed by atoms with van der Waals surface area (Å²) in [6, 6.07) is 0. The Bertz CT molecular complexity index is 186. The van der Waals surface area contributed by atoms with Crippen molar-refractivity contribution in [2.75, 3.05) is 47.1 Å². The summed E-state index contributed by atoms with van der Waals surface area (Å²) in [6.07, 6.45) is 0.725. The maximum absolute atomic E-state index is 11.3. The van der Waals surface area contributed by atoms with Gasteiger partial charge in [0.05, 0.1) is 20.3 Å². The van der Waals surface area contributed by atoms with Crippen LogP contribution in [0.3, 0.4) is 0 Å². The smallest absolute Gasteiger partial charge is 0.328 e. The number of nitrogens with one attached hydrogen (secondary N) is 1. The van der Waals surface area contributed by atoms with E-state index >= 15 is 0 Å². The van der Waals surface area contributed by atoms with Crippen LogP contribution >= 0.6 is 7.60 Å². The molecule has 0 aromatic carbocycles. The summed E-state index contributed by atoms with van der Waals surface area (Å²) in [5.41, 5.74) is 0. The van der Waals surface area contributed by atoms with E-state index in [1.807, 2.05) is 14.1 Å². The van der Waals surface area contributed by atoms with Gasteiger partial charge in [0.1, 0.15) is 13.2 Å². The van der Waals surface area contributed by atoms with Crippen molar-refractivity contribution in [2.24, 2.45) is 0 Å². The Morgan fingerprint density at radius 2 is 2.00 bits per heavy atom. The molecule has 5 nitrogen and oxygen atoms in total. The molecule has 0 aliphatic rings. The van der Waals surface area contributed by atoms with Gasteiger partial charge >= 0.3 is 7.60 Å². The second-order valence-electron chi connectivity index (χ2n) is 3.50. The van der Waals surface area contributed by atoms with E-state index in [-0.39, 0.29) is 6.16 Å². The summed E-state index contributed by atoms with van der Waals surface area (Å²) in [4.78, 5) is 10.5. The molecule has 0 spiro atoms. The lowest BCUT2D eigenvalue weighted by molar-refractivity contribution is -0.858. The van der Waals surface area contributed by atoms with Crippen molar-refractivity contribution in [1.29, 1.82) is 0 Å². The van der Waals surface area contributed by atoms with E-state index in [4.69, 9.17) is 9.26 Å². The molecule has 86 valence electrons. The monoisotopic (exact) mass is 226 g/mol. The molecule has 6 heteroatoms. The molecule has 0 rings (SSSR count). The molecule has 0 saturated heterocycles. The highest BCUT2D eigenvalue weighted by Crippen LogP contribution is 2.41. The minimum Gasteiger partial charge on any atom is -0.385 e. The van der Waals surface area contributed by atoms with Crippen molar-refractivity contribution in [3.05, 3.63) is 0 Å². The molecule has 0 fully saturated rings. The first-order chi connectivity index (χ1) is 6.48. The van der Waals surface area contributed by atoms with Crippen LogP contribution in [0, 0.1) is 0 Å². The van der Waals surface area contributed by atoms with E-state index in [2.05, 4.69) is 0 Å². The van der Waals surface area contributed by atoms with Crippen molar-refractivity contribution < 1.29 is 23.6 Å². The van der Waals surface area contributed by atoms with Crippen LogP contribution < -0.4 is 4.90 Å². The minimum absolute atomic E-state index is 0.170. The van der Waals surface area contributed by atoms with Crippen LogP contribution in [0.15, 0.2) is 0 Å². The van der Waals surface area contributed by atoms with Crippen molar-refractivity contribution in [2.45, 2.75) is 6.42 Å². The normalized spacial score (nSPS) is 15.8. The summed E-state index contributed by atoms with van der Waals surface area (Å²) in [7, 11) is 2.13. The van der Waals surface area contributed by atoms with Gasteiger partial charge in [-0.05, 0) is 6.42 Å². The SMILES string of the molecule is COCCCP(=O)(O)OCC[NH+](C)C. The van der Waals surface area contributed by atoms with Crippen molar-refractivity contribution in [3.63, 3.8) is 0 Å². The van der Waals surface area contributed by atoms with Crippen LogP contribution in [0.25, 0.3) is 0 Å². The largest absolute Gasteiger partial charge is 0.385 e. The third kappa shape index (κ3) is 8.66. The van der Waals surface area contributed by atoms with E-state index in [0.717, 1.165) is 6.54 Å². The quantitative estimate of drug-likeness (QED) is 0.427. The average molecular weight is 226 g/mol. The van der Waals surface area contributed by atoms with E-state index in [1.54, 1.807) is 7.11 Å². The van der Waals surface area contributed by atoms with E-state index < -0.39 is 7.60 Å². The predicted molar refractivity (Wildman–Crippen MR) is 54.8 cm³/mol. The van der Waals surface area contributed by atoms with Crippen LogP contribution in [0.1, 0.15) is 6.42 Å². The average Bonchev–Trinajstić information content (AvgIpc) is 2.03. The highest BCUT2D eigenvalue weighted by Gasteiger charge is 2.18. The van der Waals surface area contributed by atoms with Crippen LogP contribution in [0.5, 0.6) is 0 Å². The summed E-state index contributed by atoms with van der Waals surface area (Å²) < 4.78 is 21.0. The molecule has 0 aromatic rings. The van der Waals surface area contributed by atoms with Crippen molar-refractivity contribution in [1.82, 2.24) is 0 Å². The molecule has 2 N–H and O–H groups in total. The highest BCUT2D eigenvalue weighted by atomic mass is 31.2. The van der Waals surface area contributed by atoms with Gasteiger partial charge in [0.2, 0.25) is 0 Å². The zero-order chi connectivity index (χ0) is 11.0. The Kier molecular flexibility index (Phi) is 7.41. The zero-order valence-corrected chi connectivity index (χ0v) is 10.0. The van der Waals surface area contributed by atoms with Crippen LogP contribution in [-0.4, -0.2) is 52.0 Å². The first-order valence-electron chi connectivity index (χ1n) is 4.72. The summed E-state index contributed by atoms with van der Waals surface area (Å²) in [6.45, 7) is 1.55. The first kappa shape index (κ1) is 14.1. The summed E-state index contributed by atoms with van der Waals surface area (Å²) in [5.74, 6) is 0. The molecular formula is C8H21NO4P+. The number of methoxy groups -OCH3 is 1. The Labute approximate surface area is 85.5 Å². The van der Waals surface area contributed by atoms with E-state index in [1.165, 1.54) is 4.90 Å². The van der Waals surface area contributed by atoms with E-state index in [9.17, 15) is 9.46 Å². The van der Waals surface area contributed by atoms with Crippen molar-refractivity contribution >= 4 is 7.60 Å². The van der Waals surface area contributed by atoms with Gasteiger partial charge in [0, 0.05) is 13.7 Å². The number of quaternary nitrogens is 1. The molecule has 1 unspecified atom stereocenters. The first-order valence-corrected chi connectivity index (χ1v) is 6.48. The lowest BCUT2D eigenvalue weighted by Gasteiger charge is -2.12. The van der Waals surface area contributed by atoms with E-state index in [0.29, 0.717) is 19.6 Å². The molecule has 1 atom stereocenters. The van der Waals surface area contributed by atoms with Gasteiger partial charge in [0.25, 0.3) is 0 Å². The number of hydrogen-bond acceptors (Lipinski definition) is 3. The van der Waals surface area contributed by atoms with Crippen molar-refractivity contribution in [3.8, 4) is 0 Å². The van der Waals surface area contributed by atoms with Gasteiger partial charge in [-0.3, -0.25) is 4.57 Å². The topological polar surface area (TPSA) is 60.2 Å². The molecule has 0 aliphatic carbocycles. The van der Waals surface area contributed by atoms with Gasteiger partial charge in [-0.25, -0.2) is 0 Å². The van der Waals surface area contributed by atoms with Gasteiger partial charge in [-0.2, -0.15) is 0 Å². The molecule has 0 saturated carbocycles. The molecule has 0 bridgehead atoms. The Hall–Kier alpha value is 0.0700.